The summed E-state index contributed by atoms with van der Waals surface area (Å²) in [5, 5.41) is 0. The third kappa shape index (κ3) is 2.85. The van der Waals surface area contributed by atoms with Crippen LogP contribution in [0.5, 0.6) is 0 Å². The van der Waals surface area contributed by atoms with E-state index in [0.717, 1.165) is 38.6 Å². The lowest BCUT2D eigenvalue weighted by molar-refractivity contribution is -0.00810. The maximum Gasteiger partial charge on any atom is 0.208 e. The molecule has 0 saturated carbocycles. The fourth-order valence-electron chi connectivity index (χ4n) is 1.55. The van der Waals surface area contributed by atoms with Gasteiger partial charge in [0, 0.05) is 19.6 Å². The molecule has 0 aliphatic carbocycles. The largest absolute Gasteiger partial charge is 0.375 e. The van der Waals surface area contributed by atoms with Crippen molar-refractivity contribution in [2.75, 3.05) is 26.2 Å². The summed E-state index contributed by atoms with van der Waals surface area (Å²) in [7, 11) is 0. The molecule has 0 aromatic heterocycles. The molecule has 0 bridgehead atoms. The molecular weight excluding hydrogens is 180 g/mol. The van der Waals surface area contributed by atoms with Crippen LogP contribution in [0.4, 0.5) is 0 Å². The SMILES string of the molecule is CCN=C(NN)N1CCOC(CC)C1. The minimum atomic E-state index is 0.305. The Labute approximate surface area is 85.3 Å². The van der Waals surface area contributed by atoms with Crippen LogP contribution in [0.3, 0.4) is 0 Å². The average molecular weight is 200 g/mol. The van der Waals surface area contributed by atoms with Crippen LogP contribution in [0.2, 0.25) is 0 Å². The van der Waals surface area contributed by atoms with Crippen molar-refractivity contribution in [2.45, 2.75) is 26.4 Å². The predicted molar refractivity (Wildman–Crippen MR) is 56.9 cm³/mol. The number of morpholine rings is 1. The first kappa shape index (κ1) is 11.3. The number of nitrogens with two attached hydrogens (primary N) is 1. The van der Waals surface area contributed by atoms with E-state index in [1.165, 1.54) is 0 Å². The third-order valence-electron chi connectivity index (χ3n) is 2.33. The highest BCUT2D eigenvalue weighted by Gasteiger charge is 2.20. The van der Waals surface area contributed by atoms with Crippen molar-refractivity contribution >= 4 is 5.96 Å². The Morgan fingerprint density at radius 2 is 2.43 bits per heavy atom. The summed E-state index contributed by atoms with van der Waals surface area (Å²) in [5.74, 6) is 6.19. The summed E-state index contributed by atoms with van der Waals surface area (Å²) in [4.78, 5) is 6.43. The van der Waals surface area contributed by atoms with Crippen LogP contribution < -0.4 is 11.3 Å². The Kier molecular flexibility index (Phi) is 4.69. The van der Waals surface area contributed by atoms with E-state index in [1.807, 2.05) is 6.92 Å². The summed E-state index contributed by atoms with van der Waals surface area (Å²) in [6.07, 6.45) is 1.33. The summed E-state index contributed by atoms with van der Waals surface area (Å²) >= 11 is 0. The smallest absolute Gasteiger partial charge is 0.208 e. The number of nitrogens with one attached hydrogen (secondary N) is 1. The molecule has 1 heterocycles. The third-order valence-corrected chi connectivity index (χ3v) is 2.33. The lowest BCUT2D eigenvalue weighted by Gasteiger charge is -2.34. The maximum atomic E-state index is 5.56. The van der Waals surface area contributed by atoms with Gasteiger partial charge in [-0.1, -0.05) is 6.92 Å². The second-order valence-electron chi connectivity index (χ2n) is 3.29. The zero-order valence-corrected chi connectivity index (χ0v) is 8.99. The van der Waals surface area contributed by atoms with E-state index >= 15 is 0 Å². The number of hydrogen-bond donors (Lipinski definition) is 2. The second-order valence-corrected chi connectivity index (χ2v) is 3.29. The summed E-state index contributed by atoms with van der Waals surface area (Å²) in [5.41, 5.74) is 2.64. The van der Waals surface area contributed by atoms with Crippen LogP contribution in [-0.2, 0) is 4.74 Å². The van der Waals surface area contributed by atoms with E-state index in [-0.39, 0.29) is 0 Å². The highest BCUT2D eigenvalue weighted by atomic mass is 16.5. The topological polar surface area (TPSA) is 62.9 Å². The van der Waals surface area contributed by atoms with E-state index in [0.29, 0.717) is 6.10 Å². The molecule has 3 N–H and O–H groups in total. The minimum Gasteiger partial charge on any atom is -0.375 e. The second kappa shape index (κ2) is 5.82. The zero-order chi connectivity index (χ0) is 10.4. The van der Waals surface area contributed by atoms with Crippen LogP contribution in [0.1, 0.15) is 20.3 Å². The molecule has 1 saturated heterocycles. The van der Waals surface area contributed by atoms with Crippen LogP contribution >= 0.6 is 0 Å². The standard InChI is InChI=1S/C9H20N4O/c1-3-8-7-13(5-6-14-8)9(12-10)11-4-2/h8H,3-7,10H2,1-2H3,(H,11,12). The average Bonchev–Trinajstić information content (AvgIpc) is 2.26. The number of nitrogens with zero attached hydrogens (tertiary/aromatic N) is 2. The molecule has 1 atom stereocenters. The van der Waals surface area contributed by atoms with Gasteiger partial charge in [-0.3, -0.25) is 10.4 Å². The molecule has 5 nitrogen and oxygen atoms in total. The molecule has 0 amide bonds. The Morgan fingerprint density at radius 3 is 3.00 bits per heavy atom. The molecule has 0 aromatic carbocycles. The van der Waals surface area contributed by atoms with Crippen LogP contribution in [0.15, 0.2) is 4.99 Å². The number of hydrazine groups is 1. The number of rotatable bonds is 2. The van der Waals surface area contributed by atoms with Crippen molar-refractivity contribution in [1.29, 1.82) is 0 Å². The molecule has 0 radical (unpaired) electrons. The Hall–Kier alpha value is -0.810. The van der Waals surface area contributed by atoms with Crippen molar-refractivity contribution < 1.29 is 4.74 Å². The number of ether oxygens (including phenoxy) is 1. The van der Waals surface area contributed by atoms with Gasteiger partial charge in [0.05, 0.1) is 12.7 Å². The van der Waals surface area contributed by atoms with Crippen molar-refractivity contribution in [3.05, 3.63) is 0 Å². The van der Waals surface area contributed by atoms with Crippen LogP contribution in [0.25, 0.3) is 0 Å². The van der Waals surface area contributed by atoms with Crippen molar-refractivity contribution in [1.82, 2.24) is 10.3 Å². The summed E-state index contributed by atoms with van der Waals surface area (Å²) in [6, 6.07) is 0. The lowest BCUT2D eigenvalue weighted by Crippen LogP contribution is -2.52. The first-order chi connectivity index (χ1) is 6.81. The normalized spacial score (nSPS) is 23.8. The fourth-order valence-corrected chi connectivity index (χ4v) is 1.55. The molecule has 1 unspecified atom stereocenters. The van der Waals surface area contributed by atoms with Crippen molar-refractivity contribution in [3.63, 3.8) is 0 Å². The molecule has 5 heteroatoms. The summed E-state index contributed by atoms with van der Waals surface area (Å²) < 4.78 is 5.56. The molecular formula is C9H20N4O. The molecule has 1 rings (SSSR count). The van der Waals surface area contributed by atoms with Gasteiger partial charge >= 0.3 is 0 Å². The first-order valence-electron chi connectivity index (χ1n) is 5.19. The maximum absolute atomic E-state index is 5.56. The van der Waals surface area contributed by atoms with E-state index in [2.05, 4.69) is 22.2 Å². The number of aliphatic imine (C=N–C) groups is 1. The van der Waals surface area contributed by atoms with Gasteiger partial charge in [0.1, 0.15) is 0 Å². The fraction of sp³-hybridized carbons (Fsp3) is 0.889. The molecule has 1 aliphatic rings. The minimum absolute atomic E-state index is 0.305. The van der Waals surface area contributed by atoms with Crippen LogP contribution in [-0.4, -0.2) is 43.2 Å². The van der Waals surface area contributed by atoms with Gasteiger partial charge in [0.15, 0.2) is 0 Å². The number of guanidine groups is 1. The van der Waals surface area contributed by atoms with E-state index in [1.54, 1.807) is 0 Å². The Bertz CT molecular complexity index is 195. The van der Waals surface area contributed by atoms with Gasteiger partial charge < -0.3 is 9.64 Å². The van der Waals surface area contributed by atoms with E-state index in [9.17, 15) is 0 Å². The molecule has 1 aliphatic heterocycles. The molecule has 1 fully saturated rings. The monoisotopic (exact) mass is 200 g/mol. The zero-order valence-electron chi connectivity index (χ0n) is 8.99. The van der Waals surface area contributed by atoms with E-state index in [4.69, 9.17) is 10.6 Å². The lowest BCUT2D eigenvalue weighted by atomic mass is 10.2. The van der Waals surface area contributed by atoms with Crippen molar-refractivity contribution in [3.8, 4) is 0 Å². The highest BCUT2D eigenvalue weighted by molar-refractivity contribution is 5.79. The molecule has 14 heavy (non-hydrogen) atoms. The van der Waals surface area contributed by atoms with Gasteiger partial charge in [-0.2, -0.15) is 0 Å². The van der Waals surface area contributed by atoms with E-state index < -0.39 is 0 Å². The predicted octanol–water partition coefficient (Wildman–Crippen LogP) is -0.0636. The quantitative estimate of drug-likeness (QED) is 0.284. The van der Waals surface area contributed by atoms with Crippen molar-refractivity contribution in [2.24, 2.45) is 10.8 Å². The molecule has 82 valence electrons. The number of hydrogen-bond acceptors (Lipinski definition) is 3. The van der Waals surface area contributed by atoms with Gasteiger partial charge in [0.25, 0.3) is 0 Å². The highest BCUT2D eigenvalue weighted by Crippen LogP contribution is 2.07. The van der Waals surface area contributed by atoms with Gasteiger partial charge in [-0.15, -0.1) is 0 Å². The van der Waals surface area contributed by atoms with Crippen LogP contribution in [0, 0.1) is 0 Å². The Morgan fingerprint density at radius 1 is 1.64 bits per heavy atom. The Balaban J connectivity index is 2.53. The van der Waals surface area contributed by atoms with Gasteiger partial charge in [-0.05, 0) is 13.3 Å². The molecule has 0 aromatic rings. The van der Waals surface area contributed by atoms with Gasteiger partial charge in [-0.25, -0.2) is 5.84 Å². The van der Waals surface area contributed by atoms with Gasteiger partial charge in [0.2, 0.25) is 5.96 Å². The molecule has 0 spiro atoms. The first-order valence-corrected chi connectivity index (χ1v) is 5.19. The summed E-state index contributed by atoms with van der Waals surface area (Å²) in [6.45, 7) is 7.35.